The van der Waals surface area contributed by atoms with Gasteiger partial charge in [-0.05, 0) is 87.0 Å². The monoisotopic (exact) mass is 495 g/mol. The Morgan fingerprint density at radius 3 is 2.49 bits per heavy atom. The van der Waals surface area contributed by atoms with E-state index in [-0.39, 0.29) is 35.3 Å². The maximum Gasteiger partial charge on any atom is 0.308 e. The number of carbonyl (C=O) groups excluding carboxylic acids is 2. The van der Waals surface area contributed by atoms with Crippen LogP contribution in [0.3, 0.4) is 0 Å². The molecule has 1 heterocycles. The van der Waals surface area contributed by atoms with Crippen molar-refractivity contribution in [3.05, 3.63) is 64.8 Å². The number of carbonyl (C=O) groups is 2. The SMILES string of the molecule is CC#Cc1ccc(C(=O)NC2CC3(C2)CC(C(=O)OC)C3)c2c1cnn2C(C)c1ccc(C2CC2)cc1. The lowest BCUT2D eigenvalue weighted by atomic mass is 9.50. The number of rotatable bonds is 6. The van der Waals surface area contributed by atoms with Crippen LogP contribution in [0, 0.1) is 23.2 Å². The van der Waals surface area contributed by atoms with Crippen LogP contribution in [0.15, 0.2) is 42.6 Å². The molecule has 1 atom stereocenters. The van der Waals surface area contributed by atoms with Crippen molar-refractivity contribution in [1.29, 1.82) is 0 Å². The molecule has 0 aliphatic heterocycles. The van der Waals surface area contributed by atoms with E-state index in [0.29, 0.717) is 5.56 Å². The molecule has 6 rings (SSSR count). The summed E-state index contributed by atoms with van der Waals surface area (Å²) >= 11 is 0. The van der Waals surface area contributed by atoms with Gasteiger partial charge in [0.05, 0.1) is 36.3 Å². The molecule has 3 aliphatic carbocycles. The van der Waals surface area contributed by atoms with Crippen molar-refractivity contribution < 1.29 is 14.3 Å². The Labute approximate surface area is 217 Å². The summed E-state index contributed by atoms with van der Waals surface area (Å²) in [5, 5.41) is 8.89. The van der Waals surface area contributed by atoms with Crippen molar-refractivity contribution in [1.82, 2.24) is 15.1 Å². The van der Waals surface area contributed by atoms with Gasteiger partial charge < -0.3 is 10.1 Å². The summed E-state index contributed by atoms with van der Waals surface area (Å²) in [6.07, 6.45) is 7.96. The van der Waals surface area contributed by atoms with Crippen LogP contribution in [-0.2, 0) is 9.53 Å². The minimum absolute atomic E-state index is 0.0164. The zero-order valence-corrected chi connectivity index (χ0v) is 21.7. The van der Waals surface area contributed by atoms with Gasteiger partial charge in [-0.15, -0.1) is 5.92 Å². The molecule has 190 valence electrons. The van der Waals surface area contributed by atoms with E-state index in [1.807, 2.05) is 29.9 Å². The molecule has 0 saturated heterocycles. The zero-order valence-electron chi connectivity index (χ0n) is 21.7. The Morgan fingerprint density at radius 1 is 1.11 bits per heavy atom. The molecule has 3 aromatic rings. The van der Waals surface area contributed by atoms with Crippen LogP contribution in [0.4, 0.5) is 0 Å². The largest absolute Gasteiger partial charge is 0.469 e. The number of hydrogen-bond acceptors (Lipinski definition) is 4. The normalized spacial score (nSPS) is 24.9. The second-order valence-corrected chi connectivity index (χ2v) is 11.2. The summed E-state index contributed by atoms with van der Waals surface area (Å²) in [4.78, 5) is 25.3. The number of hydrogen-bond donors (Lipinski definition) is 1. The van der Waals surface area contributed by atoms with Gasteiger partial charge in [-0.1, -0.05) is 30.2 Å². The minimum Gasteiger partial charge on any atom is -0.469 e. The smallest absolute Gasteiger partial charge is 0.308 e. The molecule has 37 heavy (non-hydrogen) atoms. The first kappa shape index (κ1) is 23.8. The van der Waals surface area contributed by atoms with E-state index < -0.39 is 0 Å². The Kier molecular flexibility index (Phi) is 5.82. The molecule has 6 heteroatoms. The lowest BCUT2D eigenvalue weighted by Gasteiger charge is -2.56. The number of benzene rings is 2. The van der Waals surface area contributed by atoms with Crippen molar-refractivity contribution in [2.45, 2.75) is 70.4 Å². The molecule has 0 bridgehead atoms. The Morgan fingerprint density at radius 2 is 1.84 bits per heavy atom. The Bertz CT molecular complexity index is 1420. The zero-order chi connectivity index (χ0) is 25.7. The van der Waals surface area contributed by atoms with E-state index >= 15 is 0 Å². The van der Waals surface area contributed by atoms with Crippen LogP contribution in [0.25, 0.3) is 10.9 Å². The van der Waals surface area contributed by atoms with Gasteiger partial charge in [-0.3, -0.25) is 14.3 Å². The number of nitrogens with zero attached hydrogens (tertiary/aromatic N) is 2. The van der Waals surface area contributed by atoms with Gasteiger partial charge in [0.25, 0.3) is 5.91 Å². The van der Waals surface area contributed by atoms with Gasteiger partial charge in [0, 0.05) is 17.0 Å². The first-order chi connectivity index (χ1) is 17.9. The molecule has 3 aliphatic rings. The molecular formula is C31H33N3O3. The van der Waals surface area contributed by atoms with Gasteiger partial charge in [0.1, 0.15) is 0 Å². The summed E-state index contributed by atoms with van der Waals surface area (Å²) in [6, 6.07) is 12.7. The topological polar surface area (TPSA) is 73.2 Å². The molecule has 1 spiro atoms. The number of nitrogens with one attached hydrogen (secondary N) is 1. The van der Waals surface area contributed by atoms with E-state index in [1.165, 1.54) is 31.1 Å². The molecule has 3 saturated carbocycles. The number of aromatic nitrogens is 2. The third-order valence-corrected chi connectivity index (χ3v) is 8.68. The van der Waals surface area contributed by atoms with E-state index in [1.54, 1.807) is 0 Å². The number of ether oxygens (including phenoxy) is 1. The summed E-state index contributed by atoms with van der Waals surface area (Å²) in [5.41, 5.74) is 5.08. The van der Waals surface area contributed by atoms with Crippen LogP contribution < -0.4 is 5.32 Å². The summed E-state index contributed by atoms with van der Waals surface area (Å²) in [5.74, 6) is 6.70. The fourth-order valence-electron chi connectivity index (χ4n) is 6.49. The highest BCUT2D eigenvalue weighted by Crippen LogP contribution is 2.59. The van der Waals surface area contributed by atoms with Crippen molar-refractivity contribution in [3.8, 4) is 11.8 Å². The first-order valence-corrected chi connectivity index (χ1v) is 13.3. The van der Waals surface area contributed by atoms with E-state index in [2.05, 4.69) is 48.3 Å². The van der Waals surface area contributed by atoms with Crippen LogP contribution in [-0.4, -0.2) is 34.8 Å². The predicted octanol–water partition coefficient (Wildman–Crippen LogP) is 5.36. The van der Waals surface area contributed by atoms with Gasteiger partial charge in [0.2, 0.25) is 0 Å². The molecule has 1 N–H and O–H groups in total. The average Bonchev–Trinajstić information content (AvgIpc) is 3.62. The van der Waals surface area contributed by atoms with Crippen LogP contribution in [0.5, 0.6) is 0 Å². The van der Waals surface area contributed by atoms with Gasteiger partial charge >= 0.3 is 5.97 Å². The van der Waals surface area contributed by atoms with Gasteiger partial charge in [-0.2, -0.15) is 5.10 Å². The molecule has 3 fully saturated rings. The van der Waals surface area contributed by atoms with Crippen molar-refractivity contribution in [3.63, 3.8) is 0 Å². The molecule has 2 aromatic carbocycles. The molecule has 1 unspecified atom stereocenters. The van der Waals surface area contributed by atoms with Gasteiger partial charge in [0.15, 0.2) is 0 Å². The average molecular weight is 496 g/mol. The standard InChI is InChI=1S/C31H33N3O3/c1-4-5-23-12-13-26(29(35)33-25-16-31(17-25)14-24(15-31)30(36)37-3)28-27(23)18-32-34(28)19(2)20-6-8-21(9-7-20)22-10-11-22/h6-9,12-13,18-19,22,24-25H,10-11,14-17H2,1-3H3,(H,33,35). The highest BCUT2D eigenvalue weighted by molar-refractivity contribution is 6.07. The Hall–Kier alpha value is -3.59. The van der Waals surface area contributed by atoms with Crippen molar-refractivity contribution in [2.75, 3.05) is 7.11 Å². The second-order valence-electron chi connectivity index (χ2n) is 11.2. The first-order valence-electron chi connectivity index (χ1n) is 13.3. The highest BCUT2D eigenvalue weighted by atomic mass is 16.5. The lowest BCUT2D eigenvalue weighted by molar-refractivity contribution is -0.159. The number of methoxy groups -OCH3 is 1. The minimum atomic E-state index is -0.111. The highest BCUT2D eigenvalue weighted by Gasteiger charge is 2.55. The van der Waals surface area contributed by atoms with Crippen LogP contribution in [0.2, 0.25) is 0 Å². The van der Waals surface area contributed by atoms with Crippen molar-refractivity contribution in [2.24, 2.45) is 11.3 Å². The van der Waals surface area contributed by atoms with Gasteiger partial charge in [-0.25, -0.2) is 0 Å². The fourth-order valence-corrected chi connectivity index (χ4v) is 6.49. The summed E-state index contributed by atoms with van der Waals surface area (Å²) in [7, 11) is 1.45. The lowest BCUT2D eigenvalue weighted by Crippen LogP contribution is -2.57. The number of amides is 1. The quantitative estimate of drug-likeness (QED) is 0.369. The fraction of sp³-hybridized carbons (Fsp3) is 0.452. The van der Waals surface area contributed by atoms with Crippen molar-refractivity contribution >= 4 is 22.8 Å². The third-order valence-electron chi connectivity index (χ3n) is 8.68. The van der Waals surface area contributed by atoms with E-state index in [0.717, 1.165) is 48.1 Å². The van der Waals surface area contributed by atoms with Crippen LogP contribution in [0.1, 0.15) is 91.4 Å². The maximum atomic E-state index is 13.5. The molecule has 1 aromatic heterocycles. The Balaban J connectivity index is 1.24. The molecule has 0 radical (unpaired) electrons. The maximum absolute atomic E-state index is 13.5. The molecular weight excluding hydrogens is 462 g/mol. The predicted molar refractivity (Wildman–Crippen MR) is 142 cm³/mol. The third kappa shape index (κ3) is 4.21. The summed E-state index contributed by atoms with van der Waals surface area (Å²) < 4.78 is 6.84. The number of esters is 1. The summed E-state index contributed by atoms with van der Waals surface area (Å²) in [6.45, 7) is 3.95. The second kappa shape index (κ2) is 9.06. The molecule has 1 amide bonds. The molecule has 6 nitrogen and oxygen atoms in total. The number of fused-ring (bicyclic) bond motifs is 1. The van der Waals surface area contributed by atoms with E-state index in [4.69, 9.17) is 9.84 Å². The van der Waals surface area contributed by atoms with E-state index in [9.17, 15) is 9.59 Å². The van der Waals surface area contributed by atoms with Crippen LogP contribution >= 0.6 is 0 Å².